The van der Waals surface area contributed by atoms with Gasteiger partial charge in [0.05, 0.1) is 18.0 Å². The Morgan fingerprint density at radius 1 is 1.21 bits per heavy atom. The minimum absolute atomic E-state index is 0.128. The molecule has 0 radical (unpaired) electrons. The topological polar surface area (TPSA) is 115 Å². The van der Waals surface area contributed by atoms with Crippen LogP contribution in [0.3, 0.4) is 0 Å². The van der Waals surface area contributed by atoms with Crippen LogP contribution in [0.25, 0.3) is 11.4 Å². The zero-order valence-electron chi connectivity index (χ0n) is 18.2. The van der Waals surface area contributed by atoms with E-state index in [2.05, 4.69) is 14.9 Å². The minimum atomic E-state index is -3.79. The third kappa shape index (κ3) is 4.49. The van der Waals surface area contributed by atoms with Crippen LogP contribution >= 0.6 is 0 Å². The predicted octanol–water partition coefficient (Wildman–Crippen LogP) is 2.91. The highest BCUT2D eigenvalue weighted by Gasteiger charge is 2.36. The SMILES string of the molecule is CCOc1ccc(-c2noc(CNS(=O)(=O)c3ccc4c(c3)CCN4C(=O)C3CC3)n2)cc1. The molecule has 10 heteroatoms. The Morgan fingerprint density at radius 2 is 2.00 bits per heavy atom. The number of benzene rings is 2. The van der Waals surface area contributed by atoms with Crippen LogP contribution in [-0.4, -0.2) is 37.6 Å². The lowest BCUT2D eigenvalue weighted by Gasteiger charge is -2.17. The molecular formula is C23H24N4O5S. The van der Waals surface area contributed by atoms with Crippen LogP contribution in [0, 0.1) is 5.92 Å². The van der Waals surface area contributed by atoms with Crippen molar-refractivity contribution < 1.29 is 22.5 Å². The quantitative estimate of drug-likeness (QED) is 0.541. The van der Waals surface area contributed by atoms with E-state index in [1.807, 2.05) is 31.2 Å². The Hall–Kier alpha value is -3.24. The lowest BCUT2D eigenvalue weighted by molar-refractivity contribution is -0.119. The highest BCUT2D eigenvalue weighted by Crippen LogP contribution is 2.37. The number of carbonyl (C=O) groups excluding carboxylic acids is 1. The number of carbonyl (C=O) groups is 1. The molecule has 1 fully saturated rings. The van der Waals surface area contributed by atoms with E-state index < -0.39 is 10.0 Å². The predicted molar refractivity (Wildman–Crippen MR) is 120 cm³/mol. The third-order valence-corrected chi connectivity index (χ3v) is 7.15. The fraction of sp³-hybridized carbons (Fsp3) is 0.348. The van der Waals surface area contributed by atoms with E-state index in [0.717, 1.165) is 35.4 Å². The van der Waals surface area contributed by atoms with E-state index in [0.29, 0.717) is 25.4 Å². The molecule has 1 amide bonds. The largest absolute Gasteiger partial charge is 0.494 e. The number of aromatic nitrogens is 2. The zero-order valence-corrected chi connectivity index (χ0v) is 19.0. The number of nitrogens with zero attached hydrogens (tertiary/aromatic N) is 3. The first-order valence-electron chi connectivity index (χ1n) is 10.9. The molecular weight excluding hydrogens is 444 g/mol. The molecule has 33 heavy (non-hydrogen) atoms. The van der Waals surface area contributed by atoms with Crippen molar-refractivity contribution in [2.45, 2.75) is 37.6 Å². The third-order valence-electron chi connectivity index (χ3n) is 5.75. The normalized spacial score (nSPS) is 15.5. The Labute approximate surface area is 191 Å². The van der Waals surface area contributed by atoms with Gasteiger partial charge in [0, 0.05) is 23.7 Å². The molecule has 1 N–H and O–H groups in total. The van der Waals surface area contributed by atoms with Crippen LogP contribution in [0.2, 0.25) is 0 Å². The van der Waals surface area contributed by atoms with Gasteiger partial charge in [0.25, 0.3) is 0 Å². The van der Waals surface area contributed by atoms with Gasteiger partial charge in [-0.25, -0.2) is 13.1 Å². The van der Waals surface area contributed by atoms with Crippen LogP contribution in [0.1, 0.15) is 31.2 Å². The number of anilines is 1. The van der Waals surface area contributed by atoms with E-state index in [-0.39, 0.29) is 29.2 Å². The molecule has 0 atom stereocenters. The van der Waals surface area contributed by atoms with Crippen molar-refractivity contribution >= 4 is 21.6 Å². The molecule has 1 aliphatic carbocycles. The fourth-order valence-electron chi connectivity index (χ4n) is 3.88. The van der Waals surface area contributed by atoms with Gasteiger partial charge in [0.1, 0.15) is 5.75 Å². The molecule has 2 aliphatic rings. The van der Waals surface area contributed by atoms with Crippen molar-refractivity contribution in [3.05, 3.63) is 53.9 Å². The summed E-state index contributed by atoms with van der Waals surface area (Å²) in [6.07, 6.45) is 2.53. The summed E-state index contributed by atoms with van der Waals surface area (Å²) in [6, 6.07) is 12.1. The van der Waals surface area contributed by atoms with Crippen LogP contribution in [-0.2, 0) is 27.8 Å². The van der Waals surface area contributed by atoms with Gasteiger partial charge in [0.15, 0.2) is 0 Å². The number of nitrogens with one attached hydrogen (secondary N) is 1. The second-order valence-electron chi connectivity index (χ2n) is 8.10. The number of hydrogen-bond acceptors (Lipinski definition) is 7. The molecule has 9 nitrogen and oxygen atoms in total. The van der Waals surface area contributed by atoms with Gasteiger partial charge in [-0.1, -0.05) is 5.16 Å². The summed E-state index contributed by atoms with van der Waals surface area (Å²) in [7, 11) is -3.79. The molecule has 2 heterocycles. The first kappa shape index (κ1) is 21.6. The summed E-state index contributed by atoms with van der Waals surface area (Å²) in [4.78, 5) is 18.6. The van der Waals surface area contributed by atoms with Crippen LogP contribution < -0.4 is 14.4 Å². The zero-order chi connectivity index (χ0) is 23.0. The Bertz CT molecular complexity index is 1280. The van der Waals surface area contributed by atoms with Crippen LogP contribution in [0.15, 0.2) is 51.9 Å². The maximum absolute atomic E-state index is 12.8. The van der Waals surface area contributed by atoms with Gasteiger partial charge >= 0.3 is 0 Å². The first-order valence-corrected chi connectivity index (χ1v) is 12.4. The average Bonchev–Trinajstić information content (AvgIpc) is 3.41. The highest BCUT2D eigenvalue weighted by atomic mass is 32.2. The Balaban J connectivity index is 1.25. The lowest BCUT2D eigenvalue weighted by Crippen LogP contribution is -2.30. The second kappa shape index (κ2) is 8.60. The number of fused-ring (bicyclic) bond motifs is 1. The van der Waals surface area contributed by atoms with Crippen molar-refractivity contribution in [2.24, 2.45) is 5.92 Å². The molecule has 1 aromatic heterocycles. The summed E-state index contributed by atoms with van der Waals surface area (Å²) < 4.78 is 38.8. The molecule has 172 valence electrons. The summed E-state index contributed by atoms with van der Waals surface area (Å²) in [5.41, 5.74) is 2.41. The van der Waals surface area contributed by atoms with E-state index in [1.54, 1.807) is 17.0 Å². The highest BCUT2D eigenvalue weighted by molar-refractivity contribution is 7.89. The smallest absolute Gasteiger partial charge is 0.242 e. The van der Waals surface area contributed by atoms with Crippen molar-refractivity contribution in [1.82, 2.24) is 14.9 Å². The van der Waals surface area contributed by atoms with E-state index >= 15 is 0 Å². The minimum Gasteiger partial charge on any atom is -0.494 e. The van der Waals surface area contributed by atoms with Crippen molar-refractivity contribution in [3.8, 4) is 17.1 Å². The van der Waals surface area contributed by atoms with Gasteiger partial charge in [-0.15, -0.1) is 0 Å². The summed E-state index contributed by atoms with van der Waals surface area (Å²) >= 11 is 0. The van der Waals surface area contributed by atoms with Gasteiger partial charge in [0.2, 0.25) is 27.6 Å². The van der Waals surface area contributed by atoms with Crippen molar-refractivity contribution in [2.75, 3.05) is 18.1 Å². The molecule has 1 aliphatic heterocycles. The van der Waals surface area contributed by atoms with E-state index in [9.17, 15) is 13.2 Å². The number of rotatable bonds is 8. The molecule has 3 aromatic rings. The van der Waals surface area contributed by atoms with Crippen LogP contribution in [0.5, 0.6) is 5.75 Å². The standard InChI is InChI=1S/C23H24N4O5S/c1-2-31-18-7-5-15(6-8-18)22-25-21(32-26-22)14-24-33(29,30)19-9-10-20-17(13-19)11-12-27(20)23(28)16-3-4-16/h5-10,13,16,24H,2-4,11-12,14H2,1H3. The molecule has 0 spiro atoms. The lowest BCUT2D eigenvalue weighted by atomic mass is 10.2. The Morgan fingerprint density at radius 3 is 2.73 bits per heavy atom. The van der Waals surface area contributed by atoms with E-state index in [1.165, 1.54) is 6.07 Å². The van der Waals surface area contributed by atoms with E-state index in [4.69, 9.17) is 9.26 Å². The van der Waals surface area contributed by atoms with Crippen molar-refractivity contribution in [3.63, 3.8) is 0 Å². The maximum Gasteiger partial charge on any atom is 0.242 e. The molecule has 0 saturated heterocycles. The molecule has 2 aromatic carbocycles. The second-order valence-corrected chi connectivity index (χ2v) is 9.87. The monoisotopic (exact) mass is 468 g/mol. The van der Waals surface area contributed by atoms with Crippen molar-refractivity contribution in [1.29, 1.82) is 0 Å². The number of hydrogen-bond donors (Lipinski definition) is 1. The fourth-order valence-corrected chi connectivity index (χ4v) is 4.90. The van der Waals surface area contributed by atoms with Crippen LogP contribution in [0.4, 0.5) is 5.69 Å². The molecule has 0 unspecified atom stereocenters. The first-order chi connectivity index (χ1) is 15.9. The number of sulfonamides is 1. The number of amides is 1. The van der Waals surface area contributed by atoms with Gasteiger partial charge in [-0.05, 0) is 74.2 Å². The van der Waals surface area contributed by atoms with Gasteiger partial charge in [-0.2, -0.15) is 4.98 Å². The summed E-state index contributed by atoms with van der Waals surface area (Å²) in [5.74, 6) is 1.53. The molecule has 0 bridgehead atoms. The van der Waals surface area contributed by atoms with Gasteiger partial charge < -0.3 is 14.2 Å². The summed E-state index contributed by atoms with van der Waals surface area (Å²) in [6.45, 7) is 2.95. The average molecular weight is 469 g/mol. The Kier molecular flexibility index (Phi) is 5.63. The number of ether oxygens (including phenoxy) is 1. The summed E-state index contributed by atoms with van der Waals surface area (Å²) in [5, 5.41) is 3.93. The molecule has 1 saturated carbocycles. The maximum atomic E-state index is 12.8. The van der Waals surface area contributed by atoms with Gasteiger partial charge in [-0.3, -0.25) is 4.79 Å². The molecule has 5 rings (SSSR count).